The second-order valence-corrected chi connectivity index (χ2v) is 9.51. The second-order valence-electron chi connectivity index (χ2n) is 8.73. The van der Waals surface area contributed by atoms with E-state index >= 15 is 0 Å². The van der Waals surface area contributed by atoms with Crippen molar-refractivity contribution in [2.75, 3.05) is 0 Å². The molecular weight excluding hydrogens is 619 g/mol. The van der Waals surface area contributed by atoms with Gasteiger partial charge in [0.15, 0.2) is 0 Å². The van der Waals surface area contributed by atoms with Gasteiger partial charge < -0.3 is 10.2 Å². The fourth-order valence-corrected chi connectivity index (χ4v) is 3.61. The van der Waals surface area contributed by atoms with E-state index in [1.807, 2.05) is 6.92 Å². The minimum atomic E-state index is -1.03. The van der Waals surface area contributed by atoms with Gasteiger partial charge in [0.1, 0.15) is 16.0 Å². The van der Waals surface area contributed by atoms with Crippen LogP contribution in [-0.2, 0) is 0 Å². The fraction of sp³-hybridized carbons (Fsp3) is 0.0968. The number of aryl methyl sites for hydroxylation is 2. The van der Waals surface area contributed by atoms with Gasteiger partial charge in [-0.25, -0.2) is 24.2 Å². The molecule has 3 heterocycles. The Bertz CT molecular complexity index is 1880. The van der Waals surface area contributed by atoms with Crippen molar-refractivity contribution in [3.63, 3.8) is 0 Å². The standard InChI is InChI=1S/C15H11ClN4O2.C8H7N3O2.C7H4ClN.CH4/c1-9-2-3-10(15(21)22)6-13(9)20-8-12(18-19-20)11-4-5-14(16)17-7-11;1-5-2-3-6(8(12)13)4-7(5)10-11-9;1-2-6-3-4-7(8)9-5-6;/h2-8H,1H3,(H,21,22);2-4H,1H3,(H,12,13);1,3-5H;1H4. The summed E-state index contributed by atoms with van der Waals surface area (Å²) in [5.74, 6) is 0.417. The van der Waals surface area contributed by atoms with Gasteiger partial charge in [-0.3, -0.25) is 0 Å². The van der Waals surface area contributed by atoms with E-state index in [2.05, 4.69) is 36.2 Å². The van der Waals surface area contributed by atoms with Gasteiger partial charge in [0.25, 0.3) is 0 Å². The van der Waals surface area contributed by atoms with Crippen LogP contribution in [0.3, 0.4) is 0 Å². The molecule has 0 bridgehead atoms. The summed E-state index contributed by atoms with van der Waals surface area (Å²) < 4.78 is 1.55. The Balaban J connectivity index is 0.000000261. The lowest BCUT2D eigenvalue weighted by molar-refractivity contribution is 0.0686. The van der Waals surface area contributed by atoms with Crippen LogP contribution in [0.4, 0.5) is 5.69 Å². The van der Waals surface area contributed by atoms with E-state index in [9.17, 15) is 9.59 Å². The first-order valence-electron chi connectivity index (χ1n) is 12.4. The normalized spacial score (nSPS) is 9.49. The third-order valence-electron chi connectivity index (χ3n) is 5.72. The zero-order chi connectivity index (χ0) is 32.2. The Morgan fingerprint density at radius 2 is 1.51 bits per heavy atom. The Morgan fingerprint density at radius 3 is 2.04 bits per heavy atom. The van der Waals surface area contributed by atoms with Gasteiger partial charge in [0, 0.05) is 34.1 Å². The Kier molecular flexibility index (Phi) is 13.2. The van der Waals surface area contributed by atoms with E-state index in [1.54, 1.807) is 78.7 Å². The van der Waals surface area contributed by atoms with E-state index in [4.69, 9.17) is 45.4 Å². The number of aromatic nitrogens is 5. The number of carboxylic acids is 2. The number of carboxylic acid groups (broad SMARTS) is 2. The predicted octanol–water partition coefficient (Wildman–Crippen LogP) is 7.98. The van der Waals surface area contributed by atoms with Crippen LogP contribution in [0.5, 0.6) is 0 Å². The molecule has 45 heavy (non-hydrogen) atoms. The van der Waals surface area contributed by atoms with Crippen LogP contribution >= 0.6 is 23.2 Å². The minimum Gasteiger partial charge on any atom is -0.478 e. The first kappa shape index (κ1) is 35.5. The van der Waals surface area contributed by atoms with E-state index < -0.39 is 11.9 Å². The van der Waals surface area contributed by atoms with Crippen LogP contribution in [-0.4, -0.2) is 47.1 Å². The first-order valence-corrected chi connectivity index (χ1v) is 13.1. The summed E-state index contributed by atoms with van der Waals surface area (Å²) in [5, 5.41) is 30.1. The van der Waals surface area contributed by atoms with Crippen molar-refractivity contribution in [2.24, 2.45) is 5.11 Å². The van der Waals surface area contributed by atoms with E-state index in [-0.39, 0.29) is 18.6 Å². The molecule has 2 N–H and O–H groups in total. The summed E-state index contributed by atoms with van der Waals surface area (Å²) >= 11 is 11.2. The molecule has 0 fully saturated rings. The monoisotopic (exact) mass is 644 g/mol. The van der Waals surface area contributed by atoms with Crippen LogP contribution in [0.2, 0.25) is 10.3 Å². The maximum Gasteiger partial charge on any atom is 0.335 e. The molecule has 0 aliphatic heterocycles. The number of hydrogen-bond donors (Lipinski definition) is 2. The highest BCUT2D eigenvalue weighted by Gasteiger charge is 2.11. The molecule has 0 spiro atoms. The Morgan fingerprint density at radius 1 is 0.911 bits per heavy atom. The molecule has 228 valence electrons. The molecule has 12 nitrogen and oxygen atoms in total. The van der Waals surface area contributed by atoms with Crippen molar-refractivity contribution < 1.29 is 19.8 Å². The lowest BCUT2D eigenvalue weighted by Gasteiger charge is -2.05. The third-order valence-corrected chi connectivity index (χ3v) is 6.17. The molecule has 5 aromatic rings. The quantitative estimate of drug-likeness (QED) is 0.0634. The number of hydrogen-bond acceptors (Lipinski definition) is 7. The van der Waals surface area contributed by atoms with Crippen LogP contribution in [0, 0.1) is 26.2 Å². The van der Waals surface area contributed by atoms with Gasteiger partial charge >= 0.3 is 11.9 Å². The third kappa shape index (κ3) is 10.2. The molecule has 0 atom stereocenters. The molecular formula is C31H26Cl2N8O4. The smallest absolute Gasteiger partial charge is 0.335 e. The molecule has 14 heteroatoms. The largest absolute Gasteiger partial charge is 0.478 e. The summed E-state index contributed by atoms with van der Waals surface area (Å²) in [4.78, 5) is 32.0. The molecule has 0 aliphatic carbocycles. The number of azide groups is 1. The fourth-order valence-electron chi connectivity index (χ4n) is 3.39. The number of halogens is 2. The highest BCUT2D eigenvalue weighted by Crippen LogP contribution is 2.21. The summed E-state index contributed by atoms with van der Waals surface area (Å²) in [7, 11) is 0. The van der Waals surface area contributed by atoms with Crippen LogP contribution < -0.4 is 0 Å². The molecule has 0 saturated heterocycles. The highest BCUT2D eigenvalue weighted by molar-refractivity contribution is 6.29. The number of rotatable bonds is 5. The summed E-state index contributed by atoms with van der Waals surface area (Å²) in [6, 6.07) is 16.2. The van der Waals surface area contributed by atoms with Gasteiger partial charge in [0.05, 0.1) is 23.0 Å². The topological polar surface area (TPSA) is 180 Å². The highest BCUT2D eigenvalue weighted by atomic mass is 35.5. The molecule has 3 aromatic heterocycles. The minimum absolute atomic E-state index is 0. The van der Waals surface area contributed by atoms with Crippen molar-refractivity contribution in [1.29, 1.82) is 0 Å². The van der Waals surface area contributed by atoms with Crippen LogP contribution in [0.1, 0.15) is 44.8 Å². The molecule has 0 saturated carbocycles. The van der Waals surface area contributed by atoms with Gasteiger partial charge in [-0.15, -0.1) is 11.5 Å². The maximum absolute atomic E-state index is 11.1. The number of aromatic carboxylic acids is 2. The molecule has 0 unspecified atom stereocenters. The predicted molar refractivity (Wildman–Crippen MR) is 172 cm³/mol. The van der Waals surface area contributed by atoms with Gasteiger partial charge in [-0.05, 0) is 79.0 Å². The average Bonchev–Trinajstić information content (AvgIpc) is 3.50. The van der Waals surface area contributed by atoms with E-state index in [0.717, 1.165) is 22.3 Å². The van der Waals surface area contributed by atoms with Crippen LogP contribution in [0.15, 0.2) is 84.4 Å². The molecule has 0 radical (unpaired) electrons. The number of pyridine rings is 2. The Labute approximate surface area is 268 Å². The van der Waals surface area contributed by atoms with Crippen molar-refractivity contribution in [1.82, 2.24) is 25.0 Å². The van der Waals surface area contributed by atoms with Gasteiger partial charge in [-0.1, -0.05) is 59.0 Å². The first-order chi connectivity index (χ1) is 21.0. The molecule has 0 amide bonds. The summed E-state index contributed by atoms with van der Waals surface area (Å²) in [6.07, 6.45) is 9.95. The van der Waals surface area contributed by atoms with Gasteiger partial charge in [-0.2, -0.15) is 0 Å². The van der Waals surface area contributed by atoms with Crippen molar-refractivity contribution in [3.8, 4) is 29.3 Å². The van der Waals surface area contributed by atoms with Crippen molar-refractivity contribution in [3.05, 3.63) is 128 Å². The average molecular weight is 646 g/mol. The van der Waals surface area contributed by atoms with E-state index in [0.29, 0.717) is 27.4 Å². The SMILES string of the molecule is C.C#Cc1ccc(Cl)nc1.Cc1ccc(C(=O)O)cc1-n1cc(-c2ccc(Cl)nc2)nn1.Cc1ccc(C(=O)O)cc1N=[N+]=[N-]. The molecule has 5 rings (SSSR count). The van der Waals surface area contributed by atoms with Crippen molar-refractivity contribution >= 4 is 40.8 Å². The van der Waals surface area contributed by atoms with E-state index in [1.165, 1.54) is 12.1 Å². The lowest BCUT2D eigenvalue weighted by atomic mass is 10.1. The molecule has 0 aliphatic rings. The number of carbonyl (C=O) groups is 2. The second kappa shape index (κ2) is 16.8. The molecule has 2 aromatic carbocycles. The number of benzene rings is 2. The van der Waals surface area contributed by atoms with Crippen LogP contribution in [0.25, 0.3) is 27.4 Å². The number of terminal acetylenes is 1. The van der Waals surface area contributed by atoms with Gasteiger partial charge in [0.2, 0.25) is 0 Å². The maximum atomic E-state index is 11.1. The lowest BCUT2D eigenvalue weighted by Crippen LogP contribution is -2.02. The zero-order valence-electron chi connectivity index (χ0n) is 23.1. The Hall–Kier alpha value is -5.73. The summed E-state index contributed by atoms with van der Waals surface area (Å²) in [6.45, 7) is 3.63. The number of nitrogens with zero attached hydrogens (tertiary/aromatic N) is 8. The zero-order valence-corrected chi connectivity index (χ0v) is 24.6. The van der Waals surface area contributed by atoms with Crippen molar-refractivity contribution in [2.45, 2.75) is 21.3 Å². The summed E-state index contributed by atoms with van der Waals surface area (Å²) in [5.41, 5.74) is 13.3.